The molecule has 2 aliphatic rings. The van der Waals surface area contributed by atoms with E-state index in [1.54, 1.807) is 12.6 Å². The van der Waals surface area contributed by atoms with Crippen LogP contribution in [0.25, 0.3) is 6.08 Å². The van der Waals surface area contributed by atoms with Gasteiger partial charge in [0.05, 0.1) is 16.7 Å². The van der Waals surface area contributed by atoms with Crippen molar-refractivity contribution in [3.8, 4) is 0 Å². The molecule has 12 heavy (non-hydrogen) atoms. The third kappa shape index (κ3) is 0.625. The Morgan fingerprint density at radius 1 is 1.00 bits per heavy atom. The normalized spacial score (nSPS) is 15.3. The van der Waals surface area contributed by atoms with Crippen molar-refractivity contribution < 1.29 is 0 Å². The van der Waals surface area contributed by atoms with E-state index in [0.717, 1.165) is 22.0 Å². The van der Waals surface area contributed by atoms with E-state index in [2.05, 4.69) is 15.0 Å². The minimum Gasteiger partial charge on any atom is -0.256 e. The second-order valence-electron chi connectivity index (χ2n) is 2.72. The maximum Gasteiger partial charge on any atom is 0.116 e. The first-order chi connectivity index (χ1) is 5.93. The van der Waals surface area contributed by atoms with Gasteiger partial charge in [-0.05, 0) is 18.2 Å². The molecule has 3 rings (SSSR count). The number of hydrogen-bond donors (Lipinski definition) is 0. The Morgan fingerprint density at radius 3 is 3.00 bits per heavy atom. The molecule has 0 aromatic heterocycles. The first-order valence-corrected chi connectivity index (χ1v) is 3.72. The van der Waals surface area contributed by atoms with Crippen LogP contribution in [0.15, 0.2) is 27.1 Å². The van der Waals surface area contributed by atoms with Crippen molar-refractivity contribution in [2.75, 3.05) is 0 Å². The number of rotatable bonds is 0. The van der Waals surface area contributed by atoms with Gasteiger partial charge in [0.25, 0.3) is 0 Å². The topological polar surface area (TPSA) is 37.1 Å². The van der Waals surface area contributed by atoms with Gasteiger partial charge in [0.15, 0.2) is 0 Å². The van der Waals surface area contributed by atoms with Gasteiger partial charge in [0, 0.05) is 11.4 Å². The molecule has 1 aromatic rings. The summed E-state index contributed by atoms with van der Waals surface area (Å²) in [7, 11) is 0. The Kier molecular flexibility index (Phi) is 0.913. The molecule has 0 N–H and O–H groups in total. The summed E-state index contributed by atoms with van der Waals surface area (Å²) < 4.78 is 0. The number of fused-ring (bicyclic) bond motifs is 2. The van der Waals surface area contributed by atoms with Crippen LogP contribution >= 0.6 is 0 Å². The van der Waals surface area contributed by atoms with Gasteiger partial charge < -0.3 is 0 Å². The molecular weight excluding hydrogens is 150 g/mol. The fourth-order valence-electron chi connectivity index (χ4n) is 1.39. The van der Waals surface area contributed by atoms with Gasteiger partial charge >= 0.3 is 0 Å². The standard InChI is InChI=1S/C9H5N3/c1-2-10-7-4-9-8(3-6(1)7)11-5-12-9/h1-5H. The molecule has 2 aliphatic heterocycles. The number of aliphatic imine (C=N–C) groups is 2. The quantitative estimate of drug-likeness (QED) is 0.522. The average molecular weight is 155 g/mol. The summed E-state index contributed by atoms with van der Waals surface area (Å²) in [4.78, 5) is 12.4. The zero-order chi connectivity index (χ0) is 7.97. The third-order valence-electron chi connectivity index (χ3n) is 1.99. The van der Waals surface area contributed by atoms with Gasteiger partial charge in [-0.25, -0.2) is 9.98 Å². The number of nitrogens with zero attached hydrogens (tertiary/aromatic N) is 3. The summed E-state index contributed by atoms with van der Waals surface area (Å²) in [6.45, 7) is 0. The van der Waals surface area contributed by atoms with Crippen molar-refractivity contribution in [1.29, 1.82) is 0 Å². The lowest BCUT2D eigenvalue weighted by molar-refractivity contribution is 1.40. The molecule has 56 valence electrons. The lowest BCUT2D eigenvalue weighted by atomic mass is 10.2. The van der Waals surface area contributed by atoms with E-state index in [1.807, 2.05) is 18.2 Å². The Bertz CT molecular complexity index is 474. The lowest BCUT2D eigenvalue weighted by Crippen LogP contribution is -2.06. The van der Waals surface area contributed by atoms with E-state index in [0.29, 0.717) is 0 Å². The van der Waals surface area contributed by atoms with Crippen molar-refractivity contribution in [3.63, 3.8) is 0 Å². The second kappa shape index (κ2) is 1.88. The van der Waals surface area contributed by atoms with Crippen molar-refractivity contribution >= 4 is 30.0 Å². The molecule has 0 saturated heterocycles. The van der Waals surface area contributed by atoms with E-state index in [1.165, 1.54) is 0 Å². The highest BCUT2D eigenvalue weighted by atomic mass is 14.9. The van der Waals surface area contributed by atoms with E-state index in [4.69, 9.17) is 0 Å². The molecule has 1 aromatic carbocycles. The van der Waals surface area contributed by atoms with E-state index < -0.39 is 0 Å². The molecule has 0 bridgehead atoms. The molecule has 3 heteroatoms. The predicted octanol–water partition coefficient (Wildman–Crippen LogP) is 0.476. The summed E-state index contributed by atoms with van der Waals surface area (Å²) in [6.07, 6.45) is 5.34. The Morgan fingerprint density at radius 2 is 2.00 bits per heavy atom. The maximum absolute atomic E-state index is 4.18. The zero-order valence-corrected chi connectivity index (χ0v) is 6.23. The van der Waals surface area contributed by atoms with E-state index in [9.17, 15) is 0 Å². The van der Waals surface area contributed by atoms with Gasteiger partial charge in [0.2, 0.25) is 0 Å². The summed E-state index contributed by atoms with van der Waals surface area (Å²) in [6, 6.07) is 3.96. The molecule has 2 heterocycles. The van der Waals surface area contributed by atoms with E-state index >= 15 is 0 Å². The summed E-state index contributed by atoms with van der Waals surface area (Å²) >= 11 is 0. The summed E-state index contributed by atoms with van der Waals surface area (Å²) in [5.41, 5.74) is 1.93. The average Bonchev–Trinajstić information content (AvgIpc) is 2.64. The van der Waals surface area contributed by atoms with Crippen LogP contribution < -0.4 is 10.6 Å². The van der Waals surface area contributed by atoms with Crippen LogP contribution in [-0.4, -0.2) is 12.6 Å². The summed E-state index contributed by atoms with van der Waals surface area (Å²) in [5, 5.41) is 2.05. The van der Waals surface area contributed by atoms with Gasteiger partial charge in [-0.3, -0.25) is 4.99 Å². The molecule has 0 aliphatic carbocycles. The zero-order valence-electron chi connectivity index (χ0n) is 6.23. The van der Waals surface area contributed by atoms with Crippen LogP contribution in [-0.2, 0) is 0 Å². The number of benzene rings is 1. The molecule has 0 spiro atoms. The molecule has 0 fully saturated rings. The van der Waals surface area contributed by atoms with Gasteiger partial charge in [-0.1, -0.05) is 0 Å². The minimum absolute atomic E-state index is 0.918. The first-order valence-electron chi connectivity index (χ1n) is 3.72. The maximum atomic E-state index is 4.18. The molecule has 0 unspecified atom stereocenters. The fourth-order valence-corrected chi connectivity index (χ4v) is 1.39. The Balaban J connectivity index is 2.50. The molecule has 3 nitrogen and oxygen atoms in total. The summed E-state index contributed by atoms with van der Waals surface area (Å²) in [5.74, 6) is 0. The second-order valence-corrected chi connectivity index (χ2v) is 2.72. The van der Waals surface area contributed by atoms with Crippen LogP contribution in [0.5, 0.6) is 0 Å². The fraction of sp³-hybridized carbons (Fsp3) is 0. The van der Waals surface area contributed by atoms with Crippen molar-refractivity contribution in [2.45, 2.75) is 0 Å². The lowest BCUT2D eigenvalue weighted by Gasteiger charge is -1.91. The Labute approximate surface area is 68.5 Å². The van der Waals surface area contributed by atoms with Crippen LogP contribution in [0, 0.1) is 0 Å². The number of hydrogen-bond acceptors (Lipinski definition) is 3. The Hall–Kier alpha value is -1.77. The van der Waals surface area contributed by atoms with Crippen LogP contribution in [0.2, 0.25) is 0 Å². The largest absolute Gasteiger partial charge is 0.256 e. The van der Waals surface area contributed by atoms with Gasteiger partial charge in [0.1, 0.15) is 6.34 Å². The molecular formula is C9H5N3. The van der Waals surface area contributed by atoms with Crippen LogP contribution in [0.4, 0.5) is 11.4 Å². The van der Waals surface area contributed by atoms with Crippen molar-refractivity contribution in [1.82, 2.24) is 0 Å². The van der Waals surface area contributed by atoms with Crippen molar-refractivity contribution in [3.05, 3.63) is 22.7 Å². The highest BCUT2D eigenvalue weighted by molar-refractivity contribution is 5.97. The highest BCUT2D eigenvalue weighted by Crippen LogP contribution is 2.11. The molecule has 0 atom stereocenters. The molecule has 0 amide bonds. The van der Waals surface area contributed by atoms with Crippen molar-refractivity contribution in [2.24, 2.45) is 15.0 Å². The molecule has 0 saturated carbocycles. The van der Waals surface area contributed by atoms with E-state index in [-0.39, 0.29) is 0 Å². The first kappa shape index (κ1) is 5.83. The SMILES string of the molecule is C1=Nc2cc3c(cc2=C1)N=CN=3. The molecule has 0 radical (unpaired) electrons. The monoisotopic (exact) mass is 155 g/mol. The minimum atomic E-state index is 0.918. The highest BCUT2D eigenvalue weighted by Gasteiger charge is 2.04. The van der Waals surface area contributed by atoms with Crippen LogP contribution in [0.1, 0.15) is 0 Å². The van der Waals surface area contributed by atoms with Gasteiger partial charge in [-0.15, -0.1) is 0 Å². The third-order valence-corrected chi connectivity index (χ3v) is 1.99. The van der Waals surface area contributed by atoms with Crippen LogP contribution in [0.3, 0.4) is 0 Å². The van der Waals surface area contributed by atoms with Gasteiger partial charge in [-0.2, -0.15) is 0 Å². The smallest absolute Gasteiger partial charge is 0.116 e. The predicted molar refractivity (Wildman–Crippen MR) is 48.0 cm³/mol.